The second kappa shape index (κ2) is 4.85. The standard InChI is InChI=1S/C9H12N2O2S/c1-6(12)5-8(13)11-7(2)9-10-3-4-14-9/h3-4,7H,5H2,1-2H3,(H,11,13). The van der Waals surface area contributed by atoms with Crippen LogP contribution in [0.2, 0.25) is 0 Å². The summed E-state index contributed by atoms with van der Waals surface area (Å²) in [6.07, 6.45) is 1.63. The van der Waals surface area contributed by atoms with Crippen LogP contribution in [-0.4, -0.2) is 16.7 Å². The Kier molecular flexibility index (Phi) is 3.76. The smallest absolute Gasteiger partial charge is 0.227 e. The van der Waals surface area contributed by atoms with Crippen molar-refractivity contribution in [1.82, 2.24) is 10.3 Å². The molecule has 1 amide bonds. The second-order valence-corrected chi connectivity index (χ2v) is 3.96. The van der Waals surface area contributed by atoms with Crippen LogP contribution in [-0.2, 0) is 9.59 Å². The van der Waals surface area contributed by atoms with Crippen molar-refractivity contribution in [2.24, 2.45) is 0 Å². The van der Waals surface area contributed by atoms with E-state index in [9.17, 15) is 9.59 Å². The molecule has 1 heterocycles. The van der Waals surface area contributed by atoms with E-state index in [4.69, 9.17) is 0 Å². The van der Waals surface area contributed by atoms with E-state index in [1.54, 1.807) is 6.20 Å². The molecule has 1 atom stereocenters. The lowest BCUT2D eigenvalue weighted by molar-refractivity contribution is -0.127. The predicted octanol–water partition coefficient (Wildman–Crippen LogP) is 1.30. The quantitative estimate of drug-likeness (QED) is 0.765. The lowest BCUT2D eigenvalue weighted by Crippen LogP contribution is -2.27. The topological polar surface area (TPSA) is 59.1 Å². The number of hydrogen-bond acceptors (Lipinski definition) is 4. The number of ketones is 1. The number of amides is 1. The van der Waals surface area contributed by atoms with Crippen molar-refractivity contribution < 1.29 is 9.59 Å². The molecule has 76 valence electrons. The van der Waals surface area contributed by atoms with E-state index in [0.29, 0.717) is 0 Å². The SMILES string of the molecule is CC(=O)CC(=O)NC(C)c1nccs1. The van der Waals surface area contributed by atoms with Crippen LogP contribution in [0.1, 0.15) is 31.3 Å². The first kappa shape index (κ1) is 10.8. The zero-order valence-electron chi connectivity index (χ0n) is 8.11. The summed E-state index contributed by atoms with van der Waals surface area (Å²) in [5, 5.41) is 5.40. The van der Waals surface area contributed by atoms with Crippen molar-refractivity contribution in [1.29, 1.82) is 0 Å². The fourth-order valence-electron chi connectivity index (χ4n) is 1.03. The molecule has 0 saturated carbocycles. The molecular weight excluding hydrogens is 200 g/mol. The van der Waals surface area contributed by atoms with Crippen molar-refractivity contribution in [2.75, 3.05) is 0 Å². The van der Waals surface area contributed by atoms with Gasteiger partial charge in [-0.1, -0.05) is 0 Å². The molecule has 0 aromatic carbocycles. The van der Waals surface area contributed by atoms with Gasteiger partial charge in [-0.3, -0.25) is 9.59 Å². The maximum absolute atomic E-state index is 11.2. The van der Waals surface area contributed by atoms with Gasteiger partial charge in [0.1, 0.15) is 10.8 Å². The molecule has 0 radical (unpaired) electrons. The summed E-state index contributed by atoms with van der Waals surface area (Å²) in [6, 6.07) is -0.123. The van der Waals surface area contributed by atoms with Crippen molar-refractivity contribution in [2.45, 2.75) is 26.3 Å². The number of aromatic nitrogens is 1. The largest absolute Gasteiger partial charge is 0.347 e. The highest BCUT2D eigenvalue weighted by atomic mass is 32.1. The molecule has 0 spiro atoms. The van der Waals surface area contributed by atoms with Gasteiger partial charge in [-0.2, -0.15) is 0 Å². The second-order valence-electron chi connectivity index (χ2n) is 3.04. The Bertz CT molecular complexity index is 322. The molecule has 0 saturated heterocycles. The number of nitrogens with one attached hydrogen (secondary N) is 1. The molecule has 1 aromatic rings. The first-order valence-corrected chi connectivity index (χ1v) is 5.15. The lowest BCUT2D eigenvalue weighted by Gasteiger charge is -2.09. The zero-order valence-corrected chi connectivity index (χ0v) is 8.93. The van der Waals surface area contributed by atoms with Gasteiger partial charge in [0.2, 0.25) is 5.91 Å². The van der Waals surface area contributed by atoms with Gasteiger partial charge in [-0.05, 0) is 13.8 Å². The van der Waals surface area contributed by atoms with Crippen LogP contribution in [0.5, 0.6) is 0 Å². The highest BCUT2D eigenvalue weighted by Crippen LogP contribution is 2.14. The minimum absolute atomic E-state index is 0.0598. The highest BCUT2D eigenvalue weighted by molar-refractivity contribution is 7.09. The third kappa shape index (κ3) is 3.26. The lowest BCUT2D eigenvalue weighted by atomic mass is 10.2. The number of Topliss-reactive ketones (excluding diaryl/α,β-unsaturated/α-hetero) is 1. The van der Waals surface area contributed by atoms with Crippen LogP contribution >= 0.6 is 11.3 Å². The fraction of sp³-hybridized carbons (Fsp3) is 0.444. The zero-order chi connectivity index (χ0) is 10.6. The Morgan fingerprint density at radius 3 is 2.86 bits per heavy atom. The van der Waals surface area contributed by atoms with Crippen molar-refractivity contribution in [3.05, 3.63) is 16.6 Å². The summed E-state index contributed by atoms with van der Waals surface area (Å²) in [4.78, 5) is 25.9. The average molecular weight is 212 g/mol. The van der Waals surface area contributed by atoms with Gasteiger partial charge >= 0.3 is 0 Å². The summed E-state index contributed by atoms with van der Waals surface area (Å²) in [5.41, 5.74) is 0. The van der Waals surface area contributed by atoms with Gasteiger partial charge in [-0.15, -0.1) is 11.3 Å². The van der Waals surface area contributed by atoms with Crippen LogP contribution < -0.4 is 5.32 Å². The predicted molar refractivity (Wildman–Crippen MR) is 54.0 cm³/mol. The summed E-state index contributed by atoms with van der Waals surface area (Å²) < 4.78 is 0. The van der Waals surface area contributed by atoms with Gasteiger partial charge in [-0.25, -0.2) is 4.98 Å². The number of hydrogen-bond donors (Lipinski definition) is 1. The molecule has 14 heavy (non-hydrogen) atoms. The Hall–Kier alpha value is -1.23. The molecule has 0 fully saturated rings. The van der Waals surface area contributed by atoms with Crippen LogP contribution in [0.3, 0.4) is 0 Å². The van der Waals surface area contributed by atoms with Crippen molar-refractivity contribution >= 4 is 23.0 Å². The first-order valence-electron chi connectivity index (χ1n) is 4.28. The summed E-state index contributed by atoms with van der Waals surface area (Å²) in [7, 11) is 0. The molecule has 1 unspecified atom stereocenters. The first-order chi connectivity index (χ1) is 6.59. The number of rotatable bonds is 4. The Balaban J connectivity index is 2.45. The Labute approximate surface area is 86.4 Å². The molecule has 1 aromatic heterocycles. The van der Waals surface area contributed by atoms with E-state index in [0.717, 1.165) is 5.01 Å². The van der Waals surface area contributed by atoms with Crippen LogP contribution in [0, 0.1) is 0 Å². The molecule has 0 aliphatic heterocycles. The maximum atomic E-state index is 11.2. The summed E-state index contributed by atoms with van der Waals surface area (Å²) >= 11 is 1.48. The summed E-state index contributed by atoms with van der Waals surface area (Å²) in [6.45, 7) is 3.24. The normalized spacial score (nSPS) is 12.1. The molecule has 5 heteroatoms. The molecule has 0 aliphatic rings. The van der Waals surface area contributed by atoms with Gasteiger partial charge in [0.05, 0.1) is 12.5 Å². The third-order valence-electron chi connectivity index (χ3n) is 1.61. The molecule has 1 rings (SSSR count). The van der Waals surface area contributed by atoms with E-state index in [1.807, 2.05) is 12.3 Å². The van der Waals surface area contributed by atoms with Gasteiger partial charge < -0.3 is 5.32 Å². The van der Waals surface area contributed by atoms with Crippen LogP contribution in [0.15, 0.2) is 11.6 Å². The molecule has 0 aliphatic carbocycles. The van der Waals surface area contributed by atoms with Gasteiger partial charge in [0.15, 0.2) is 0 Å². The van der Waals surface area contributed by atoms with E-state index in [-0.39, 0.29) is 24.2 Å². The Morgan fingerprint density at radius 2 is 2.36 bits per heavy atom. The van der Waals surface area contributed by atoms with E-state index in [2.05, 4.69) is 10.3 Å². The number of nitrogens with zero attached hydrogens (tertiary/aromatic N) is 1. The minimum Gasteiger partial charge on any atom is -0.347 e. The summed E-state index contributed by atoms with van der Waals surface area (Å²) in [5.74, 6) is -0.381. The van der Waals surface area contributed by atoms with E-state index >= 15 is 0 Å². The fourth-order valence-corrected chi connectivity index (χ4v) is 1.67. The number of carbonyl (C=O) groups is 2. The molecule has 0 bridgehead atoms. The van der Waals surface area contributed by atoms with E-state index < -0.39 is 0 Å². The average Bonchev–Trinajstić information content (AvgIpc) is 2.53. The van der Waals surface area contributed by atoms with Gasteiger partial charge in [0, 0.05) is 11.6 Å². The molecule has 4 nitrogen and oxygen atoms in total. The number of thiazole rings is 1. The van der Waals surface area contributed by atoms with Crippen LogP contribution in [0.25, 0.3) is 0 Å². The maximum Gasteiger partial charge on any atom is 0.227 e. The third-order valence-corrected chi connectivity index (χ3v) is 2.57. The van der Waals surface area contributed by atoms with Crippen molar-refractivity contribution in [3.63, 3.8) is 0 Å². The van der Waals surface area contributed by atoms with E-state index in [1.165, 1.54) is 18.3 Å². The monoisotopic (exact) mass is 212 g/mol. The minimum atomic E-state index is -0.250. The molecular formula is C9H12N2O2S. The van der Waals surface area contributed by atoms with Crippen LogP contribution in [0.4, 0.5) is 0 Å². The van der Waals surface area contributed by atoms with Gasteiger partial charge in [0.25, 0.3) is 0 Å². The Morgan fingerprint density at radius 1 is 1.64 bits per heavy atom. The van der Waals surface area contributed by atoms with Crippen molar-refractivity contribution in [3.8, 4) is 0 Å². The number of carbonyl (C=O) groups excluding carboxylic acids is 2. The molecule has 1 N–H and O–H groups in total. The highest BCUT2D eigenvalue weighted by Gasteiger charge is 2.12.